The van der Waals surface area contributed by atoms with Crippen molar-refractivity contribution in [2.24, 2.45) is 5.92 Å². The van der Waals surface area contributed by atoms with Crippen molar-refractivity contribution in [1.82, 2.24) is 23.4 Å². The molecule has 2 saturated heterocycles. The fourth-order valence-corrected chi connectivity index (χ4v) is 6.49. The van der Waals surface area contributed by atoms with Crippen molar-refractivity contribution in [3.8, 4) is 0 Å². The van der Waals surface area contributed by atoms with E-state index in [1.165, 1.54) is 33.6 Å². The van der Waals surface area contributed by atoms with Gasteiger partial charge in [0.25, 0.3) is 10.2 Å². The predicted octanol–water partition coefficient (Wildman–Crippen LogP) is 3.70. The number of hydrogen-bond acceptors (Lipinski definition) is 6. The van der Waals surface area contributed by atoms with E-state index in [4.69, 9.17) is 20.8 Å². The van der Waals surface area contributed by atoms with Gasteiger partial charge >= 0.3 is 0 Å². The van der Waals surface area contributed by atoms with Gasteiger partial charge in [-0.2, -0.15) is 17.0 Å². The summed E-state index contributed by atoms with van der Waals surface area (Å²) in [7, 11) is -0.526. The van der Waals surface area contributed by atoms with E-state index in [9.17, 15) is 8.42 Å². The molecule has 1 aromatic carbocycles. The maximum atomic E-state index is 12.7. The van der Waals surface area contributed by atoms with Crippen LogP contribution in [0.4, 0.5) is 0 Å². The number of ether oxygens (including phenoxy) is 1. The van der Waals surface area contributed by atoms with Crippen LogP contribution in [-0.2, 0) is 21.5 Å². The normalized spacial score (nSPS) is 27.0. The smallest absolute Gasteiger partial charge is 0.282 e. The van der Waals surface area contributed by atoms with Gasteiger partial charge in [-0.1, -0.05) is 29.8 Å². The molecule has 0 unspecified atom stereocenters. The van der Waals surface area contributed by atoms with Gasteiger partial charge in [0.1, 0.15) is 17.7 Å². The Balaban J connectivity index is 1.32. The number of rotatable bonds is 6. The molecule has 33 heavy (non-hydrogen) atoms. The first-order valence-electron chi connectivity index (χ1n) is 11.2. The highest BCUT2D eigenvalue weighted by atomic mass is 35.5. The largest absolute Gasteiger partial charge is 0.421 e. The zero-order chi connectivity index (χ0) is 23.2. The minimum Gasteiger partial charge on any atom is -0.421 e. The van der Waals surface area contributed by atoms with Crippen LogP contribution < -0.4 is 0 Å². The van der Waals surface area contributed by atoms with E-state index < -0.39 is 27.9 Å². The van der Waals surface area contributed by atoms with Gasteiger partial charge in [0.2, 0.25) is 11.8 Å². The Hall–Kier alpha value is -1.98. The summed E-state index contributed by atoms with van der Waals surface area (Å²) in [5, 5.41) is 9.62. The van der Waals surface area contributed by atoms with Gasteiger partial charge in [0.05, 0.1) is 0 Å². The van der Waals surface area contributed by atoms with E-state index in [0.717, 1.165) is 19.4 Å². The van der Waals surface area contributed by atoms with E-state index in [1.807, 2.05) is 12.1 Å². The van der Waals surface area contributed by atoms with E-state index in [1.54, 1.807) is 0 Å². The minimum absolute atomic E-state index is 0.273. The zero-order valence-electron chi connectivity index (χ0n) is 18.7. The van der Waals surface area contributed by atoms with Gasteiger partial charge in [0, 0.05) is 38.9 Å². The highest BCUT2D eigenvalue weighted by molar-refractivity contribution is 7.86. The molecule has 3 aromatic rings. The number of aromatic nitrogens is 3. The second-order valence-electron chi connectivity index (χ2n) is 8.94. The van der Waals surface area contributed by atoms with Crippen molar-refractivity contribution in [2.45, 2.75) is 49.9 Å². The molecule has 11 heteroatoms. The van der Waals surface area contributed by atoms with Gasteiger partial charge in [0.15, 0.2) is 0 Å². The highest BCUT2D eigenvalue weighted by Crippen LogP contribution is 2.39. The Morgan fingerprint density at radius 3 is 2.76 bits per heavy atom. The molecule has 0 aliphatic carbocycles. The highest BCUT2D eigenvalue weighted by Gasteiger charge is 2.40. The van der Waals surface area contributed by atoms with E-state index in [2.05, 4.69) is 39.2 Å². The fraction of sp³-hybridized carbons (Fsp3) is 0.545. The number of para-hydroxylation sites is 1. The maximum Gasteiger partial charge on any atom is 0.282 e. The van der Waals surface area contributed by atoms with Crippen molar-refractivity contribution in [3.05, 3.63) is 48.3 Å². The van der Waals surface area contributed by atoms with Crippen LogP contribution in [0.2, 0.25) is 0 Å². The summed E-state index contributed by atoms with van der Waals surface area (Å²) in [5.41, 5.74) is 0.734. The lowest BCUT2D eigenvalue weighted by Gasteiger charge is -2.31. The molecule has 2 aliphatic heterocycles. The molecule has 0 amide bonds. The van der Waals surface area contributed by atoms with Crippen molar-refractivity contribution >= 4 is 32.7 Å². The molecule has 2 aliphatic rings. The number of hydrogen-bond donors (Lipinski definition) is 0. The SMILES string of the molecule is CN(C)S(=O)(=O)N1CCC[C@@H]1c1nnc([C@H]2C[C@@H](Cn3ccc4ccccc43)C[C@@H](Cl)O2)o1. The number of alkyl halides is 1. The van der Waals surface area contributed by atoms with Crippen molar-refractivity contribution in [3.63, 3.8) is 0 Å². The molecule has 0 bridgehead atoms. The van der Waals surface area contributed by atoms with Gasteiger partial charge in [-0.3, -0.25) is 0 Å². The van der Waals surface area contributed by atoms with Crippen LogP contribution >= 0.6 is 11.6 Å². The molecule has 0 saturated carbocycles. The summed E-state index contributed by atoms with van der Waals surface area (Å²) in [6.45, 7) is 1.24. The number of nitrogens with zero attached hydrogens (tertiary/aromatic N) is 5. The zero-order valence-corrected chi connectivity index (χ0v) is 20.2. The van der Waals surface area contributed by atoms with Crippen LogP contribution in [0, 0.1) is 5.92 Å². The Labute approximate surface area is 198 Å². The second-order valence-corrected chi connectivity index (χ2v) is 11.5. The lowest BCUT2D eigenvalue weighted by molar-refractivity contribution is -0.0500. The number of fused-ring (bicyclic) bond motifs is 1. The summed E-state index contributed by atoms with van der Waals surface area (Å²) in [4.78, 5) is 0. The van der Waals surface area contributed by atoms with Crippen LogP contribution in [0.5, 0.6) is 0 Å². The molecular weight excluding hydrogens is 466 g/mol. The average molecular weight is 494 g/mol. The predicted molar refractivity (Wildman–Crippen MR) is 124 cm³/mol. The number of benzene rings is 1. The molecule has 0 radical (unpaired) electrons. The van der Waals surface area contributed by atoms with Crippen LogP contribution in [0.3, 0.4) is 0 Å². The molecule has 178 valence electrons. The molecular formula is C22H28ClN5O4S. The Kier molecular flexibility index (Phi) is 6.21. The molecule has 4 atom stereocenters. The maximum absolute atomic E-state index is 12.7. The molecule has 9 nitrogen and oxygen atoms in total. The van der Waals surface area contributed by atoms with Crippen LogP contribution in [0.25, 0.3) is 10.9 Å². The van der Waals surface area contributed by atoms with Gasteiger partial charge in [-0.15, -0.1) is 10.2 Å². The third kappa shape index (κ3) is 4.42. The Morgan fingerprint density at radius 1 is 1.15 bits per heavy atom. The van der Waals surface area contributed by atoms with Crippen molar-refractivity contribution < 1.29 is 17.6 Å². The molecule has 0 N–H and O–H groups in total. The summed E-state index contributed by atoms with van der Waals surface area (Å²) in [6, 6.07) is 9.95. The molecule has 5 rings (SSSR count). The average Bonchev–Trinajstić information content (AvgIpc) is 3.53. The third-order valence-electron chi connectivity index (χ3n) is 6.49. The molecule has 2 aromatic heterocycles. The molecule has 2 fully saturated rings. The van der Waals surface area contributed by atoms with Gasteiger partial charge < -0.3 is 13.7 Å². The van der Waals surface area contributed by atoms with E-state index >= 15 is 0 Å². The van der Waals surface area contributed by atoms with Crippen molar-refractivity contribution in [2.75, 3.05) is 20.6 Å². The Morgan fingerprint density at radius 2 is 1.94 bits per heavy atom. The lowest BCUT2D eigenvalue weighted by atomic mass is 9.95. The quantitative estimate of drug-likeness (QED) is 0.486. The first-order valence-corrected chi connectivity index (χ1v) is 13.0. The topological polar surface area (TPSA) is 93.7 Å². The summed E-state index contributed by atoms with van der Waals surface area (Å²) >= 11 is 6.45. The first kappa shape index (κ1) is 22.8. The van der Waals surface area contributed by atoms with Crippen LogP contribution in [0.15, 0.2) is 40.9 Å². The third-order valence-corrected chi connectivity index (χ3v) is 8.73. The second kappa shape index (κ2) is 8.99. The number of halogens is 1. The Bertz CT molecular complexity index is 1230. The van der Waals surface area contributed by atoms with E-state index in [0.29, 0.717) is 31.2 Å². The van der Waals surface area contributed by atoms with E-state index in [-0.39, 0.29) is 5.92 Å². The fourth-order valence-electron chi connectivity index (χ4n) is 4.82. The van der Waals surface area contributed by atoms with Gasteiger partial charge in [-0.25, -0.2) is 0 Å². The molecule has 4 heterocycles. The summed E-state index contributed by atoms with van der Waals surface area (Å²) < 4.78 is 42.1. The summed E-state index contributed by atoms with van der Waals surface area (Å²) in [6.07, 6.45) is 4.48. The minimum atomic E-state index is -3.57. The monoisotopic (exact) mass is 493 g/mol. The molecule has 0 spiro atoms. The van der Waals surface area contributed by atoms with Crippen LogP contribution in [-0.4, -0.2) is 58.0 Å². The standard InChI is InChI=1S/C22H28ClN5O4S/c1-26(2)33(29,30)28-10-5-8-18(28)21-24-25-22(32-21)19-12-15(13-20(23)31-19)14-27-11-9-16-6-3-4-7-17(16)27/h3-4,6-7,9,11,15,18-20H,5,8,10,12-14H2,1-2H3/t15-,18-,19-,20+/m1/s1. The van der Waals surface area contributed by atoms with Crippen LogP contribution in [0.1, 0.15) is 49.6 Å². The summed E-state index contributed by atoms with van der Waals surface area (Å²) in [5.74, 6) is 0.933. The lowest BCUT2D eigenvalue weighted by Crippen LogP contribution is -2.39. The van der Waals surface area contributed by atoms with Crippen molar-refractivity contribution in [1.29, 1.82) is 0 Å². The van der Waals surface area contributed by atoms with Gasteiger partial charge in [-0.05, 0) is 49.1 Å². The first-order chi connectivity index (χ1) is 15.8.